The maximum Gasteiger partial charge on any atom is 0.193 e. The molecule has 0 amide bonds. The highest BCUT2D eigenvalue weighted by Crippen LogP contribution is 2.19. The number of halogens is 1. The zero-order valence-electron chi connectivity index (χ0n) is 17.0. The fourth-order valence-electron chi connectivity index (χ4n) is 3.17. The lowest BCUT2D eigenvalue weighted by Crippen LogP contribution is -2.41. The van der Waals surface area contributed by atoms with Crippen molar-refractivity contribution in [2.24, 2.45) is 16.3 Å². The quantitative estimate of drug-likeness (QED) is 0.230. The first-order valence-corrected chi connectivity index (χ1v) is 9.12. The minimum absolute atomic E-state index is 0. The summed E-state index contributed by atoms with van der Waals surface area (Å²) in [5.74, 6) is 1.63. The Morgan fingerprint density at radius 2 is 2.04 bits per heavy atom. The third-order valence-corrected chi connectivity index (χ3v) is 4.11. The highest BCUT2D eigenvalue weighted by atomic mass is 127. The first-order valence-electron chi connectivity index (χ1n) is 9.12. The first kappa shape index (κ1) is 24.9. The van der Waals surface area contributed by atoms with Crippen molar-refractivity contribution in [2.45, 2.75) is 27.2 Å². The first-order chi connectivity index (χ1) is 11.4. The Morgan fingerprint density at radius 3 is 2.64 bits per heavy atom. The van der Waals surface area contributed by atoms with E-state index in [0.717, 1.165) is 45.3 Å². The lowest BCUT2D eigenvalue weighted by Gasteiger charge is -2.28. The molecule has 7 heteroatoms. The van der Waals surface area contributed by atoms with Gasteiger partial charge in [0.15, 0.2) is 5.96 Å². The third kappa shape index (κ3) is 10.6. The number of nitrogens with zero attached hydrogens (tertiary/aromatic N) is 3. The van der Waals surface area contributed by atoms with Gasteiger partial charge in [-0.25, -0.2) is 0 Å². The van der Waals surface area contributed by atoms with E-state index in [1.54, 1.807) is 7.11 Å². The van der Waals surface area contributed by atoms with Crippen LogP contribution in [-0.4, -0.2) is 89.5 Å². The molecule has 0 aromatic rings. The van der Waals surface area contributed by atoms with Gasteiger partial charge in [0.1, 0.15) is 0 Å². The molecular formula is C18H39IN4O2. The van der Waals surface area contributed by atoms with E-state index < -0.39 is 0 Å². The molecule has 0 aliphatic carbocycles. The smallest absolute Gasteiger partial charge is 0.193 e. The average molecular weight is 470 g/mol. The van der Waals surface area contributed by atoms with Crippen molar-refractivity contribution in [3.8, 4) is 0 Å². The standard InChI is InChI=1S/C18H38N4O2.HI/c1-7-19-17(20-14-18(2,3)15-21(4)5)22-9-8-16(12-22)13-24-11-10-23-6;/h16H,7-15H2,1-6H3,(H,19,20);1H. The van der Waals surface area contributed by atoms with E-state index in [-0.39, 0.29) is 29.4 Å². The van der Waals surface area contributed by atoms with E-state index in [1.165, 1.54) is 6.42 Å². The highest BCUT2D eigenvalue weighted by Gasteiger charge is 2.26. The van der Waals surface area contributed by atoms with Crippen LogP contribution in [0.1, 0.15) is 27.2 Å². The van der Waals surface area contributed by atoms with Crippen molar-refractivity contribution in [1.29, 1.82) is 0 Å². The van der Waals surface area contributed by atoms with E-state index in [2.05, 4.69) is 50.0 Å². The van der Waals surface area contributed by atoms with Gasteiger partial charge in [-0.2, -0.15) is 0 Å². The summed E-state index contributed by atoms with van der Waals surface area (Å²) in [5, 5.41) is 3.45. The van der Waals surface area contributed by atoms with Gasteiger partial charge in [-0.15, -0.1) is 24.0 Å². The number of aliphatic imine (C=N–C) groups is 1. The van der Waals surface area contributed by atoms with Crippen LogP contribution in [0.4, 0.5) is 0 Å². The molecule has 1 heterocycles. The minimum Gasteiger partial charge on any atom is -0.382 e. The number of ether oxygens (including phenoxy) is 2. The van der Waals surface area contributed by atoms with Crippen LogP contribution in [0.3, 0.4) is 0 Å². The normalized spacial score (nSPS) is 18.6. The lowest BCUT2D eigenvalue weighted by atomic mass is 9.93. The lowest BCUT2D eigenvalue weighted by molar-refractivity contribution is 0.0536. The van der Waals surface area contributed by atoms with Crippen molar-refractivity contribution in [3.63, 3.8) is 0 Å². The van der Waals surface area contributed by atoms with Crippen LogP contribution in [-0.2, 0) is 9.47 Å². The summed E-state index contributed by atoms with van der Waals surface area (Å²) >= 11 is 0. The number of likely N-dealkylation sites (tertiary alicyclic amines) is 1. The highest BCUT2D eigenvalue weighted by molar-refractivity contribution is 14.0. The van der Waals surface area contributed by atoms with Crippen LogP contribution in [0, 0.1) is 11.3 Å². The minimum atomic E-state index is 0. The summed E-state index contributed by atoms with van der Waals surface area (Å²) in [6.07, 6.45) is 1.17. The van der Waals surface area contributed by atoms with Crippen LogP contribution < -0.4 is 5.32 Å². The van der Waals surface area contributed by atoms with Gasteiger partial charge in [0.25, 0.3) is 0 Å². The van der Waals surface area contributed by atoms with Crippen LogP contribution in [0.15, 0.2) is 4.99 Å². The van der Waals surface area contributed by atoms with Gasteiger partial charge < -0.3 is 24.6 Å². The van der Waals surface area contributed by atoms with E-state index >= 15 is 0 Å². The molecule has 0 saturated carbocycles. The number of methoxy groups -OCH3 is 1. The van der Waals surface area contributed by atoms with E-state index in [4.69, 9.17) is 14.5 Å². The second-order valence-corrected chi connectivity index (χ2v) is 7.74. The average Bonchev–Trinajstić information content (AvgIpc) is 2.95. The molecule has 6 nitrogen and oxygen atoms in total. The predicted octanol–water partition coefficient (Wildman–Crippen LogP) is 2.14. The largest absolute Gasteiger partial charge is 0.382 e. The summed E-state index contributed by atoms with van der Waals surface area (Å²) < 4.78 is 10.7. The molecule has 1 rings (SSSR count). The van der Waals surface area contributed by atoms with E-state index in [1.807, 2.05) is 0 Å². The fraction of sp³-hybridized carbons (Fsp3) is 0.944. The van der Waals surface area contributed by atoms with Gasteiger partial charge in [-0.1, -0.05) is 13.8 Å². The Kier molecular flexibility index (Phi) is 13.0. The van der Waals surface area contributed by atoms with Gasteiger partial charge in [0.05, 0.1) is 19.8 Å². The van der Waals surface area contributed by atoms with Crippen LogP contribution >= 0.6 is 24.0 Å². The molecular weight excluding hydrogens is 431 g/mol. The Balaban J connectivity index is 0.00000576. The second-order valence-electron chi connectivity index (χ2n) is 7.74. The summed E-state index contributed by atoms with van der Waals surface area (Å²) in [5.41, 5.74) is 0.173. The number of nitrogens with one attached hydrogen (secondary N) is 1. The molecule has 1 aliphatic rings. The second kappa shape index (κ2) is 13.1. The van der Waals surface area contributed by atoms with Crippen LogP contribution in [0.25, 0.3) is 0 Å². The topological polar surface area (TPSA) is 49.3 Å². The maximum absolute atomic E-state index is 5.69. The molecule has 25 heavy (non-hydrogen) atoms. The molecule has 1 saturated heterocycles. The molecule has 1 N–H and O–H groups in total. The molecule has 0 aromatic carbocycles. The number of hydrogen-bond donors (Lipinski definition) is 1. The molecule has 0 spiro atoms. The van der Waals surface area contributed by atoms with Crippen LogP contribution in [0.5, 0.6) is 0 Å². The SMILES string of the molecule is CCNC(=NCC(C)(C)CN(C)C)N1CCC(COCCOC)C1.I. The van der Waals surface area contributed by atoms with Crippen molar-refractivity contribution >= 4 is 29.9 Å². The molecule has 0 bridgehead atoms. The van der Waals surface area contributed by atoms with Gasteiger partial charge in [-0.05, 0) is 32.9 Å². The number of rotatable bonds is 10. The Morgan fingerprint density at radius 1 is 1.32 bits per heavy atom. The predicted molar refractivity (Wildman–Crippen MR) is 116 cm³/mol. The van der Waals surface area contributed by atoms with Gasteiger partial charge in [0.2, 0.25) is 0 Å². The Bertz CT molecular complexity index is 378. The van der Waals surface area contributed by atoms with E-state index in [9.17, 15) is 0 Å². The third-order valence-electron chi connectivity index (χ3n) is 4.11. The molecule has 1 aliphatic heterocycles. The van der Waals surface area contributed by atoms with Crippen molar-refractivity contribution < 1.29 is 9.47 Å². The fourth-order valence-corrected chi connectivity index (χ4v) is 3.17. The Hall–Kier alpha value is -0.120. The summed E-state index contributed by atoms with van der Waals surface area (Å²) in [6.45, 7) is 13.7. The van der Waals surface area contributed by atoms with Gasteiger partial charge >= 0.3 is 0 Å². The number of hydrogen-bond acceptors (Lipinski definition) is 4. The molecule has 0 aromatic heterocycles. The van der Waals surface area contributed by atoms with Gasteiger partial charge in [-0.3, -0.25) is 4.99 Å². The summed E-state index contributed by atoms with van der Waals surface area (Å²) in [7, 11) is 5.94. The zero-order valence-corrected chi connectivity index (χ0v) is 19.3. The number of guanidine groups is 1. The Labute approximate surface area is 171 Å². The molecule has 150 valence electrons. The summed E-state index contributed by atoms with van der Waals surface area (Å²) in [4.78, 5) is 9.51. The van der Waals surface area contributed by atoms with Crippen molar-refractivity contribution in [1.82, 2.24) is 15.1 Å². The molecule has 1 atom stereocenters. The van der Waals surface area contributed by atoms with Gasteiger partial charge in [0, 0.05) is 45.8 Å². The van der Waals surface area contributed by atoms with Crippen molar-refractivity contribution in [2.75, 3.05) is 73.7 Å². The molecule has 1 unspecified atom stereocenters. The van der Waals surface area contributed by atoms with Crippen molar-refractivity contribution in [3.05, 3.63) is 0 Å². The zero-order chi connectivity index (χ0) is 18.0. The van der Waals surface area contributed by atoms with Crippen LogP contribution in [0.2, 0.25) is 0 Å². The maximum atomic E-state index is 5.69. The van der Waals surface area contributed by atoms with E-state index in [0.29, 0.717) is 19.1 Å². The molecule has 1 fully saturated rings. The summed E-state index contributed by atoms with van der Waals surface area (Å²) in [6, 6.07) is 0. The monoisotopic (exact) mass is 470 g/mol. The molecule has 0 radical (unpaired) electrons.